The number of para-hydroxylation sites is 2. The molecular formula is C31H26ClN3O4. The molecule has 4 aromatic carbocycles. The molecular weight excluding hydrogens is 514 g/mol. The number of carbonyl (C=O) groups is 2. The number of H-pyrrole nitrogens is 1. The number of ether oxygens (including phenoxy) is 1. The van der Waals surface area contributed by atoms with Crippen LogP contribution in [0.5, 0.6) is 0 Å². The lowest BCUT2D eigenvalue weighted by Crippen LogP contribution is -2.39. The molecule has 0 spiro atoms. The minimum Gasteiger partial charge on any atom is -0.478 e. The van der Waals surface area contributed by atoms with Crippen molar-refractivity contribution in [1.82, 2.24) is 15.3 Å². The Kier molecular flexibility index (Phi) is 7.72. The number of halogens is 1. The van der Waals surface area contributed by atoms with E-state index in [0.717, 1.165) is 16.6 Å². The van der Waals surface area contributed by atoms with Crippen molar-refractivity contribution in [2.75, 3.05) is 13.7 Å². The number of aromatic amines is 1. The smallest absolute Gasteiger partial charge is 0.336 e. The fraction of sp³-hybridized carbons (Fsp3) is 0.129. The van der Waals surface area contributed by atoms with E-state index in [4.69, 9.17) is 16.3 Å². The number of hydrogen-bond donors (Lipinski definition) is 3. The van der Waals surface area contributed by atoms with Gasteiger partial charge in [-0.05, 0) is 65.6 Å². The number of amides is 1. The van der Waals surface area contributed by atoms with Crippen molar-refractivity contribution in [3.05, 3.63) is 113 Å². The van der Waals surface area contributed by atoms with Gasteiger partial charge >= 0.3 is 5.97 Å². The van der Waals surface area contributed by atoms with Crippen LogP contribution in [0.15, 0.2) is 91.0 Å². The topological polar surface area (TPSA) is 104 Å². The number of fused-ring (bicyclic) bond motifs is 1. The van der Waals surface area contributed by atoms with Gasteiger partial charge in [0.15, 0.2) is 0 Å². The predicted octanol–water partition coefficient (Wildman–Crippen LogP) is 6.24. The van der Waals surface area contributed by atoms with Gasteiger partial charge in [-0.3, -0.25) is 4.79 Å². The highest BCUT2D eigenvalue weighted by atomic mass is 35.5. The molecule has 39 heavy (non-hydrogen) atoms. The lowest BCUT2D eigenvalue weighted by atomic mass is 9.93. The van der Waals surface area contributed by atoms with Crippen molar-refractivity contribution in [3.8, 4) is 22.5 Å². The Balaban J connectivity index is 1.49. The number of nitrogens with zero attached hydrogens (tertiary/aromatic N) is 1. The van der Waals surface area contributed by atoms with Crippen LogP contribution in [0.4, 0.5) is 0 Å². The molecule has 0 saturated carbocycles. The number of nitrogens with one attached hydrogen (secondary N) is 2. The Labute approximate surface area is 230 Å². The molecule has 0 radical (unpaired) electrons. The Hall–Kier alpha value is -4.46. The maximum Gasteiger partial charge on any atom is 0.336 e. The highest BCUT2D eigenvalue weighted by molar-refractivity contribution is 6.31. The minimum absolute atomic E-state index is 0.0198. The van der Waals surface area contributed by atoms with Gasteiger partial charge in [0.2, 0.25) is 0 Å². The number of carboxylic acid groups (broad SMARTS) is 1. The van der Waals surface area contributed by atoms with Gasteiger partial charge in [0.1, 0.15) is 5.82 Å². The molecule has 5 aromatic rings. The number of rotatable bonds is 9. The van der Waals surface area contributed by atoms with Crippen molar-refractivity contribution in [1.29, 1.82) is 0 Å². The van der Waals surface area contributed by atoms with Gasteiger partial charge in [-0.25, -0.2) is 9.78 Å². The second-order valence-corrected chi connectivity index (χ2v) is 9.61. The van der Waals surface area contributed by atoms with Crippen LogP contribution >= 0.6 is 11.6 Å². The summed E-state index contributed by atoms with van der Waals surface area (Å²) < 4.78 is 5.31. The van der Waals surface area contributed by atoms with Crippen molar-refractivity contribution in [2.24, 2.45) is 0 Å². The van der Waals surface area contributed by atoms with Gasteiger partial charge in [-0.1, -0.05) is 60.1 Å². The number of hydrogen-bond acceptors (Lipinski definition) is 4. The molecule has 7 nitrogen and oxygen atoms in total. The zero-order valence-electron chi connectivity index (χ0n) is 21.1. The number of aromatic carboxylic acids is 1. The number of imidazole rings is 1. The van der Waals surface area contributed by atoms with Crippen LogP contribution in [0.3, 0.4) is 0 Å². The molecule has 0 aliphatic heterocycles. The first-order chi connectivity index (χ1) is 18.9. The summed E-state index contributed by atoms with van der Waals surface area (Å²) >= 11 is 6.35. The summed E-state index contributed by atoms with van der Waals surface area (Å²) in [6.45, 7) is 0.313. The molecule has 0 aliphatic carbocycles. The molecule has 1 atom stereocenters. The van der Waals surface area contributed by atoms with Gasteiger partial charge in [-0.2, -0.15) is 0 Å². The van der Waals surface area contributed by atoms with E-state index in [1.165, 1.54) is 6.07 Å². The van der Waals surface area contributed by atoms with E-state index in [-0.39, 0.29) is 23.1 Å². The highest BCUT2D eigenvalue weighted by Gasteiger charge is 2.21. The Morgan fingerprint density at radius 3 is 2.44 bits per heavy atom. The quantitative estimate of drug-likeness (QED) is 0.206. The van der Waals surface area contributed by atoms with E-state index in [9.17, 15) is 14.7 Å². The summed E-state index contributed by atoms with van der Waals surface area (Å²) in [7, 11) is 1.58. The van der Waals surface area contributed by atoms with Crippen LogP contribution in [-0.2, 0) is 11.2 Å². The van der Waals surface area contributed by atoms with Crippen molar-refractivity contribution >= 4 is 34.5 Å². The fourth-order valence-electron chi connectivity index (χ4n) is 4.64. The SMILES string of the molecule is COCC(Cc1ccccc1)NC(=O)c1ccc(-c2cc(Cl)ccc2-c2nc3ccccc3[nH]2)c(C(=O)O)c1. The Bertz CT molecular complexity index is 1620. The molecule has 196 valence electrons. The number of carbonyl (C=O) groups excluding carboxylic acids is 1. The van der Waals surface area contributed by atoms with E-state index in [1.807, 2.05) is 54.6 Å². The van der Waals surface area contributed by atoms with Gasteiger partial charge in [0, 0.05) is 23.3 Å². The summed E-state index contributed by atoms with van der Waals surface area (Å²) in [4.78, 5) is 33.6. The fourth-order valence-corrected chi connectivity index (χ4v) is 4.82. The third-order valence-corrected chi connectivity index (χ3v) is 6.69. The van der Waals surface area contributed by atoms with E-state index in [0.29, 0.717) is 40.6 Å². The average molecular weight is 540 g/mol. The molecule has 5 rings (SSSR count). The monoisotopic (exact) mass is 539 g/mol. The van der Waals surface area contributed by atoms with E-state index >= 15 is 0 Å². The summed E-state index contributed by atoms with van der Waals surface area (Å²) in [5.41, 5.74) is 4.63. The van der Waals surface area contributed by atoms with Crippen LogP contribution < -0.4 is 5.32 Å². The molecule has 0 bridgehead atoms. The highest BCUT2D eigenvalue weighted by Crippen LogP contribution is 2.36. The van der Waals surface area contributed by atoms with E-state index in [1.54, 1.807) is 37.4 Å². The maximum absolute atomic E-state index is 13.2. The third kappa shape index (κ3) is 5.85. The van der Waals surface area contributed by atoms with Gasteiger partial charge < -0.3 is 20.1 Å². The number of methoxy groups -OCH3 is 1. The van der Waals surface area contributed by atoms with E-state index < -0.39 is 5.97 Å². The second-order valence-electron chi connectivity index (χ2n) is 9.17. The Morgan fingerprint density at radius 1 is 0.949 bits per heavy atom. The van der Waals surface area contributed by atoms with E-state index in [2.05, 4.69) is 15.3 Å². The summed E-state index contributed by atoms with van der Waals surface area (Å²) in [6, 6.07) is 27.0. The first kappa shape index (κ1) is 26.2. The Morgan fingerprint density at radius 2 is 1.69 bits per heavy atom. The van der Waals surface area contributed by atoms with Crippen LogP contribution in [0.25, 0.3) is 33.5 Å². The largest absolute Gasteiger partial charge is 0.478 e. The predicted molar refractivity (Wildman–Crippen MR) is 152 cm³/mol. The maximum atomic E-state index is 13.2. The molecule has 0 saturated heterocycles. The molecule has 1 unspecified atom stereocenters. The molecule has 1 aromatic heterocycles. The van der Waals surface area contributed by atoms with Crippen molar-refractivity contribution in [2.45, 2.75) is 12.5 Å². The van der Waals surface area contributed by atoms with Gasteiger partial charge in [0.05, 0.1) is 29.2 Å². The number of benzene rings is 4. The summed E-state index contributed by atoms with van der Waals surface area (Å²) in [5, 5.41) is 13.6. The molecule has 0 fully saturated rings. The number of aromatic nitrogens is 2. The second kappa shape index (κ2) is 11.5. The molecule has 3 N–H and O–H groups in total. The normalized spacial score (nSPS) is 11.8. The van der Waals surface area contributed by atoms with Crippen LogP contribution in [0.2, 0.25) is 5.02 Å². The van der Waals surface area contributed by atoms with Crippen LogP contribution in [-0.4, -0.2) is 46.7 Å². The first-order valence-electron chi connectivity index (χ1n) is 12.4. The first-order valence-corrected chi connectivity index (χ1v) is 12.8. The summed E-state index contributed by atoms with van der Waals surface area (Å²) in [6.07, 6.45) is 0.577. The molecule has 0 aliphatic rings. The summed E-state index contributed by atoms with van der Waals surface area (Å²) in [5.74, 6) is -0.956. The number of carboxylic acids is 1. The molecule has 8 heteroatoms. The van der Waals surface area contributed by atoms with Gasteiger partial charge in [0.25, 0.3) is 5.91 Å². The van der Waals surface area contributed by atoms with Crippen molar-refractivity contribution in [3.63, 3.8) is 0 Å². The minimum atomic E-state index is -1.16. The van der Waals surface area contributed by atoms with Crippen LogP contribution in [0.1, 0.15) is 26.3 Å². The third-order valence-electron chi connectivity index (χ3n) is 6.46. The average Bonchev–Trinajstić information content (AvgIpc) is 3.37. The molecule has 1 heterocycles. The standard InChI is InChI=1S/C31H26ClN3O4/c1-39-18-22(15-19-7-3-2-4-8-19)33-30(36)20-11-13-23(26(16-20)31(37)38)25-17-21(32)12-14-24(25)29-34-27-9-5-6-10-28(27)35-29/h2-14,16-17,22H,15,18H2,1H3,(H,33,36)(H,34,35)(H,37,38). The molecule has 1 amide bonds. The van der Waals surface area contributed by atoms with Gasteiger partial charge in [-0.15, -0.1) is 0 Å². The lowest BCUT2D eigenvalue weighted by molar-refractivity contribution is 0.0697. The van der Waals surface area contributed by atoms with Crippen LogP contribution in [0, 0.1) is 0 Å². The lowest BCUT2D eigenvalue weighted by Gasteiger charge is -2.19. The zero-order chi connectivity index (χ0) is 27.4. The zero-order valence-corrected chi connectivity index (χ0v) is 21.9. The van der Waals surface area contributed by atoms with Crippen molar-refractivity contribution < 1.29 is 19.4 Å².